The summed E-state index contributed by atoms with van der Waals surface area (Å²) in [6.07, 6.45) is 3.23. The van der Waals surface area contributed by atoms with Crippen LogP contribution >= 0.6 is 0 Å². The molecule has 0 bridgehead atoms. The van der Waals surface area contributed by atoms with E-state index in [1.165, 1.54) is 31.2 Å². The molecular formula is C14H20N2O3S. The number of rotatable bonds is 4. The number of benzene rings is 1. The number of carbonyl (C=O) groups is 1. The fourth-order valence-electron chi connectivity index (χ4n) is 2.39. The summed E-state index contributed by atoms with van der Waals surface area (Å²) >= 11 is 0. The predicted octanol–water partition coefficient (Wildman–Crippen LogP) is 1.44. The normalized spacial score (nSPS) is 23.5. The Hall–Kier alpha value is -1.24. The number of nitrogens with two attached hydrogens (primary N) is 1. The lowest BCUT2D eigenvalue weighted by molar-refractivity contribution is 0.101. The SMILES string of the molecule is CC(=O)c1ccc(S(=O)(=O)NC2CCC(N)CC2)cc1. The van der Waals surface area contributed by atoms with Crippen LogP contribution < -0.4 is 10.5 Å². The van der Waals surface area contributed by atoms with Crippen LogP contribution in [0.25, 0.3) is 0 Å². The number of nitrogens with one attached hydrogen (secondary N) is 1. The van der Waals surface area contributed by atoms with Gasteiger partial charge in [0.1, 0.15) is 0 Å². The van der Waals surface area contributed by atoms with E-state index >= 15 is 0 Å². The van der Waals surface area contributed by atoms with Gasteiger partial charge >= 0.3 is 0 Å². The van der Waals surface area contributed by atoms with Gasteiger partial charge in [-0.05, 0) is 44.7 Å². The zero-order chi connectivity index (χ0) is 14.8. The molecule has 1 saturated carbocycles. The molecule has 0 heterocycles. The van der Waals surface area contributed by atoms with Crippen molar-refractivity contribution in [1.29, 1.82) is 0 Å². The molecule has 1 aliphatic carbocycles. The van der Waals surface area contributed by atoms with Crippen LogP contribution in [0, 0.1) is 0 Å². The molecule has 1 fully saturated rings. The quantitative estimate of drug-likeness (QED) is 0.823. The third-order valence-electron chi connectivity index (χ3n) is 3.66. The second-order valence-corrected chi connectivity index (χ2v) is 7.03. The zero-order valence-electron chi connectivity index (χ0n) is 11.5. The average Bonchev–Trinajstić information content (AvgIpc) is 2.41. The fraction of sp³-hybridized carbons (Fsp3) is 0.500. The van der Waals surface area contributed by atoms with Crippen molar-refractivity contribution in [2.75, 3.05) is 0 Å². The molecule has 0 radical (unpaired) electrons. The number of Topliss-reactive ketones (excluding diaryl/α,β-unsaturated/α-hetero) is 1. The number of carbonyl (C=O) groups excluding carboxylic acids is 1. The minimum Gasteiger partial charge on any atom is -0.328 e. The van der Waals surface area contributed by atoms with E-state index in [-0.39, 0.29) is 22.8 Å². The van der Waals surface area contributed by atoms with Crippen molar-refractivity contribution < 1.29 is 13.2 Å². The Balaban J connectivity index is 2.08. The van der Waals surface area contributed by atoms with Crippen molar-refractivity contribution in [2.45, 2.75) is 49.6 Å². The highest BCUT2D eigenvalue weighted by Crippen LogP contribution is 2.19. The topological polar surface area (TPSA) is 89.3 Å². The molecule has 110 valence electrons. The summed E-state index contributed by atoms with van der Waals surface area (Å²) in [7, 11) is -3.52. The molecule has 6 heteroatoms. The van der Waals surface area contributed by atoms with Gasteiger partial charge in [-0.3, -0.25) is 4.79 Å². The molecule has 3 N–H and O–H groups in total. The molecule has 1 aliphatic rings. The number of hydrogen-bond acceptors (Lipinski definition) is 4. The van der Waals surface area contributed by atoms with Crippen LogP contribution in [0.3, 0.4) is 0 Å². The molecule has 1 aromatic carbocycles. The molecule has 2 rings (SSSR count). The Morgan fingerprint density at radius 2 is 1.70 bits per heavy atom. The van der Waals surface area contributed by atoms with Crippen LogP contribution in [0.2, 0.25) is 0 Å². The van der Waals surface area contributed by atoms with Crippen molar-refractivity contribution in [3.63, 3.8) is 0 Å². The molecule has 5 nitrogen and oxygen atoms in total. The molecular weight excluding hydrogens is 276 g/mol. The van der Waals surface area contributed by atoms with E-state index in [1.54, 1.807) is 0 Å². The van der Waals surface area contributed by atoms with Gasteiger partial charge in [0.2, 0.25) is 10.0 Å². The molecule has 0 saturated heterocycles. The first kappa shape index (κ1) is 15.2. The Morgan fingerprint density at radius 1 is 1.15 bits per heavy atom. The fourth-order valence-corrected chi connectivity index (χ4v) is 3.70. The van der Waals surface area contributed by atoms with Crippen molar-refractivity contribution >= 4 is 15.8 Å². The van der Waals surface area contributed by atoms with E-state index in [0.29, 0.717) is 5.56 Å². The number of ketones is 1. The zero-order valence-corrected chi connectivity index (χ0v) is 12.3. The summed E-state index contributed by atoms with van der Waals surface area (Å²) in [5.74, 6) is -0.0804. The van der Waals surface area contributed by atoms with Crippen LogP contribution in [0.4, 0.5) is 0 Å². The first-order valence-corrected chi connectivity index (χ1v) is 8.26. The Bertz CT molecular complexity index is 573. The first-order valence-electron chi connectivity index (χ1n) is 6.77. The van der Waals surface area contributed by atoms with Gasteiger partial charge < -0.3 is 5.73 Å². The van der Waals surface area contributed by atoms with E-state index in [0.717, 1.165) is 25.7 Å². The van der Waals surface area contributed by atoms with Gasteiger partial charge in [-0.25, -0.2) is 13.1 Å². The minimum atomic E-state index is -3.52. The maximum Gasteiger partial charge on any atom is 0.240 e. The maximum absolute atomic E-state index is 12.2. The van der Waals surface area contributed by atoms with Gasteiger partial charge in [0, 0.05) is 17.6 Å². The summed E-state index contributed by atoms with van der Waals surface area (Å²) < 4.78 is 27.2. The number of sulfonamides is 1. The summed E-state index contributed by atoms with van der Waals surface area (Å²) in [5, 5.41) is 0. The van der Waals surface area contributed by atoms with Crippen molar-refractivity contribution in [3.8, 4) is 0 Å². The van der Waals surface area contributed by atoms with Crippen LogP contribution in [-0.2, 0) is 10.0 Å². The first-order chi connectivity index (χ1) is 9.38. The van der Waals surface area contributed by atoms with Gasteiger partial charge in [-0.15, -0.1) is 0 Å². The Kier molecular flexibility index (Phi) is 4.57. The summed E-state index contributed by atoms with van der Waals surface area (Å²) in [4.78, 5) is 11.4. The lowest BCUT2D eigenvalue weighted by Crippen LogP contribution is -2.40. The molecule has 0 atom stereocenters. The van der Waals surface area contributed by atoms with Crippen LogP contribution in [-0.4, -0.2) is 26.3 Å². The lowest BCUT2D eigenvalue weighted by atomic mass is 9.93. The summed E-state index contributed by atoms with van der Waals surface area (Å²) in [6.45, 7) is 1.45. The minimum absolute atomic E-state index is 0.0488. The van der Waals surface area contributed by atoms with E-state index in [1.807, 2.05) is 0 Å². The van der Waals surface area contributed by atoms with Crippen molar-refractivity contribution in [3.05, 3.63) is 29.8 Å². The van der Waals surface area contributed by atoms with Gasteiger partial charge in [-0.1, -0.05) is 12.1 Å². The molecule has 0 aromatic heterocycles. The summed E-state index contributed by atoms with van der Waals surface area (Å²) in [5.41, 5.74) is 6.31. The molecule has 0 spiro atoms. The van der Waals surface area contributed by atoms with Crippen molar-refractivity contribution in [2.24, 2.45) is 5.73 Å². The van der Waals surface area contributed by atoms with E-state index in [2.05, 4.69) is 4.72 Å². The van der Waals surface area contributed by atoms with Crippen LogP contribution in [0.5, 0.6) is 0 Å². The van der Waals surface area contributed by atoms with E-state index < -0.39 is 10.0 Å². The number of hydrogen-bond donors (Lipinski definition) is 2. The molecule has 1 aromatic rings. The highest BCUT2D eigenvalue weighted by atomic mass is 32.2. The Morgan fingerprint density at radius 3 is 2.20 bits per heavy atom. The summed E-state index contributed by atoms with van der Waals surface area (Å²) in [6, 6.07) is 6.14. The maximum atomic E-state index is 12.2. The Labute approximate surface area is 119 Å². The monoisotopic (exact) mass is 296 g/mol. The van der Waals surface area contributed by atoms with Gasteiger partial charge in [0.25, 0.3) is 0 Å². The van der Waals surface area contributed by atoms with Crippen LogP contribution in [0.15, 0.2) is 29.2 Å². The highest BCUT2D eigenvalue weighted by molar-refractivity contribution is 7.89. The smallest absolute Gasteiger partial charge is 0.240 e. The second kappa shape index (κ2) is 6.03. The average molecular weight is 296 g/mol. The molecule has 0 amide bonds. The van der Waals surface area contributed by atoms with Gasteiger partial charge in [0.15, 0.2) is 5.78 Å². The molecule has 20 heavy (non-hydrogen) atoms. The van der Waals surface area contributed by atoms with Gasteiger partial charge in [0.05, 0.1) is 4.90 Å². The largest absolute Gasteiger partial charge is 0.328 e. The standard InChI is InChI=1S/C14H20N2O3S/c1-10(17)11-2-8-14(9-3-11)20(18,19)16-13-6-4-12(15)5-7-13/h2-3,8-9,12-13,16H,4-7,15H2,1H3. The van der Waals surface area contributed by atoms with E-state index in [4.69, 9.17) is 5.73 Å². The van der Waals surface area contributed by atoms with Crippen LogP contribution in [0.1, 0.15) is 43.0 Å². The second-order valence-electron chi connectivity index (χ2n) is 5.31. The van der Waals surface area contributed by atoms with E-state index in [9.17, 15) is 13.2 Å². The van der Waals surface area contributed by atoms with Gasteiger partial charge in [-0.2, -0.15) is 0 Å². The third-order valence-corrected chi connectivity index (χ3v) is 5.20. The highest BCUT2D eigenvalue weighted by Gasteiger charge is 2.24. The molecule has 0 unspecified atom stereocenters. The predicted molar refractivity (Wildman–Crippen MR) is 77.0 cm³/mol. The molecule has 0 aliphatic heterocycles. The third kappa shape index (κ3) is 3.65. The van der Waals surface area contributed by atoms with Crippen molar-refractivity contribution in [1.82, 2.24) is 4.72 Å². The lowest BCUT2D eigenvalue weighted by Gasteiger charge is -2.26.